The van der Waals surface area contributed by atoms with Crippen LogP contribution < -0.4 is 0 Å². The van der Waals surface area contributed by atoms with Crippen molar-refractivity contribution in [2.45, 2.75) is 18.9 Å². The molecule has 4 aromatic rings. The van der Waals surface area contributed by atoms with Gasteiger partial charge < -0.3 is 10.0 Å². The van der Waals surface area contributed by atoms with Crippen molar-refractivity contribution in [1.29, 1.82) is 0 Å². The predicted octanol–water partition coefficient (Wildman–Crippen LogP) is 2.25. The Balaban J connectivity index is 1.46. The maximum atomic E-state index is 12.8. The number of carbonyl (C=O) groups is 1. The molecule has 28 heavy (non-hydrogen) atoms. The van der Waals surface area contributed by atoms with Crippen LogP contribution >= 0.6 is 0 Å². The van der Waals surface area contributed by atoms with Gasteiger partial charge in [0.15, 0.2) is 0 Å². The Morgan fingerprint density at radius 2 is 2.18 bits per heavy atom. The highest BCUT2D eigenvalue weighted by Crippen LogP contribution is 2.24. The Bertz CT molecular complexity index is 1190. The average molecular weight is 375 g/mol. The van der Waals surface area contributed by atoms with Crippen molar-refractivity contribution in [3.05, 3.63) is 59.4 Å². The third kappa shape index (κ3) is 2.84. The van der Waals surface area contributed by atoms with Crippen molar-refractivity contribution in [3.63, 3.8) is 0 Å². The summed E-state index contributed by atoms with van der Waals surface area (Å²) < 4.78 is 1.86. The van der Waals surface area contributed by atoms with Gasteiger partial charge in [0.25, 0.3) is 5.91 Å². The molecule has 2 N–H and O–H groups in total. The topological polar surface area (TPSA) is 87.0 Å². The molecule has 0 unspecified atom stereocenters. The number of carbonyl (C=O) groups excluding carboxylic acids is 1. The standard InChI is InChI=1S/C21H21N5O2/c1-25-20-5-2-13(8-15(20)11-22-25)9-19-17-10-14(3-4-18(17)23-24-19)21(28)26-7-6-16(27)12-26/h2-5,8,10-11,16,27H,6-7,9,12H2,1H3,(H,23,24)/t16-/m1/s1. The summed E-state index contributed by atoms with van der Waals surface area (Å²) >= 11 is 0. The lowest BCUT2D eigenvalue weighted by Crippen LogP contribution is -2.29. The van der Waals surface area contributed by atoms with Crippen LogP contribution in [0.2, 0.25) is 0 Å². The summed E-state index contributed by atoms with van der Waals surface area (Å²) in [6, 6.07) is 11.9. The van der Waals surface area contributed by atoms with Gasteiger partial charge in [-0.2, -0.15) is 10.2 Å². The first-order chi connectivity index (χ1) is 13.6. The smallest absolute Gasteiger partial charge is 0.253 e. The summed E-state index contributed by atoms with van der Waals surface area (Å²) in [5, 5.41) is 23.6. The zero-order chi connectivity index (χ0) is 19.3. The number of nitrogens with one attached hydrogen (secondary N) is 1. The van der Waals surface area contributed by atoms with Gasteiger partial charge in [-0.3, -0.25) is 14.6 Å². The monoisotopic (exact) mass is 375 g/mol. The Kier molecular flexibility index (Phi) is 3.91. The number of hydrogen-bond donors (Lipinski definition) is 2. The number of likely N-dealkylation sites (tertiary alicyclic amines) is 1. The van der Waals surface area contributed by atoms with Crippen LogP contribution in [0.4, 0.5) is 0 Å². The number of fused-ring (bicyclic) bond motifs is 2. The highest BCUT2D eigenvalue weighted by molar-refractivity contribution is 5.98. The molecule has 7 nitrogen and oxygen atoms in total. The lowest BCUT2D eigenvalue weighted by atomic mass is 10.0. The van der Waals surface area contributed by atoms with Gasteiger partial charge in [-0.1, -0.05) is 6.07 Å². The van der Waals surface area contributed by atoms with E-state index < -0.39 is 6.10 Å². The number of β-amino-alcohol motifs (C(OH)–C–C–N with tert-alkyl or cyclic N) is 1. The lowest BCUT2D eigenvalue weighted by Gasteiger charge is -2.15. The fraction of sp³-hybridized carbons (Fsp3) is 0.286. The van der Waals surface area contributed by atoms with E-state index in [1.807, 2.05) is 36.1 Å². The quantitative estimate of drug-likeness (QED) is 0.575. The van der Waals surface area contributed by atoms with Crippen molar-refractivity contribution < 1.29 is 9.90 Å². The number of H-pyrrole nitrogens is 1. The van der Waals surface area contributed by atoms with Crippen LogP contribution in [0.15, 0.2) is 42.6 Å². The van der Waals surface area contributed by atoms with Crippen LogP contribution in [0, 0.1) is 0 Å². The van der Waals surface area contributed by atoms with E-state index >= 15 is 0 Å². The largest absolute Gasteiger partial charge is 0.391 e. The minimum atomic E-state index is -0.417. The molecule has 2 aromatic carbocycles. The fourth-order valence-corrected chi connectivity index (χ4v) is 3.97. The van der Waals surface area contributed by atoms with E-state index in [1.165, 1.54) is 0 Å². The Morgan fingerprint density at radius 1 is 1.29 bits per heavy atom. The van der Waals surface area contributed by atoms with Crippen LogP contribution in [0.3, 0.4) is 0 Å². The van der Waals surface area contributed by atoms with Crippen LogP contribution in [-0.4, -0.2) is 55.1 Å². The molecule has 0 bridgehead atoms. The Hall–Kier alpha value is -3.19. The number of aromatic amines is 1. The van der Waals surface area contributed by atoms with Gasteiger partial charge in [-0.25, -0.2) is 0 Å². The molecule has 3 heterocycles. The Morgan fingerprint density at radius 3 is 3.00 bits per heavy atom. The second-order valence-corrected chi connectivity index (χ2v) is 7.47. The molecule has 1 saturated heterocycles. The highest BCUT2D eigenvalue weighted by Gasteiger charge is 2.25. The van der Waals surface area contributed by atoms with Crippen LogP contribution in [0.25, 0.3) is 21.8 Å². The molecule has 1 atom stereocenters. The lowest BCUT2D eigenvalue weighted by molar-refractivity contribution is 0.0765. The van der Waals surface area contributed by atoms with Crippen LogP contribution in [0.1, 0.15) is 28.0 Å². The second kappa shape index (κ2) is 6.45. The molecule has 7 heteroatoms. The molecule has 0 radical (unpaired) electrons. The fourth-order valence-electron chi connectivity index (χ4n) is 3.97. The zero-order valence-electron chi connectivity index (χ0n) is 15.6. The van der Waals surface area contributed by atoms with Gasteiger partial charge in [0.1, 0.15) is 0 Å². The molecule has 5 rings (SSSR count). The molecule has 0 aliphatic carbocycles. The SMILES string of the molecule is Cn1ncc2cc(Cc3[nH]nc4ccc(C(=O)N5CC[C@@H](O)C5)cc34)ccc21. The Labute approximate surface area is 161 Å². The number of amides is 1. The molecular weight excluding hydrogens is 354 g/mol. The van der Waals surface area contributed by atoms with E-state index in [0.29, 0.717) is 31.5 Å². The van der Waals surface area contributed by atoms with Crippen molar-refractivity contribution >= 4 is 27.7 Å². The highest BCUT2D eigenvalue weighted by atomic mass is 16.3. The zero-order valence-corrected chi connectivity index (χ0v) is 15.6. The van der Waals surface area contributed by atoms with E-state index in [4.69, 9.17) is 0 Å². The summed E-state index contributed by atoms with van der Waals surface area (Å²) in [6.45, 7) is 1.00. The molecule has 142 valence electrons. The van der Waals surface area contributed by atoms with E-state index in [1.54, 1.807) is 4.90 Å². The predicted molar refractivity (Wildman–Crippen MR) is 106 cm³/mol. The first-order valence-corrected chi connectivity index (χ1v) is 9.43. The van der Waals surface area contributed by atoms with Gasteiger partial charge >= 0.3 is 0 Å². The maximum absolute atomic E-state index is 12.8. The summed E-state index contributed by atoms with van der Waals surface area (Å²) in [7, 11) is 1.93. The third-order valence-electron chi connectivity index (χ3n) is 5.52. The van der Waals surface area contributed by atoms with Crippen molar-refractivity contribution in [3.8, 4) is 0 Å². The number of aryl methyl sites for hydroxylation is 1. The molecule has 0 saturated carbocycles. The first kappa shape index (κ1) is 16.9. The first-order valence-electron chi connectivity index (χ1n) is 9.43. The molecule has 1 aliphatic heterocycles. The van der Waals surface area contributed by atoms with Gasteiger partial charge in [0, 0.05) is 48.6 Å². The van der Waals surface area contributed by atoms with Crippen molar-refractivity contribution in [2.24, 2.45) is 7.05 Å². The molecule has 1 fully saturated rings. The number of nitrogens with zero attached hydrogens (tertiary/aromatic N) is 4. The molecule has 1 amide bonds. The molecule has 1 aliphatic rings. The van der Waals surface area contributed by atoms with Crippen molar-refractivity contribution in [2.75, 3.05) is 13.1 Å². The van der Waals surface area contributed by atoms with Crippen LogP contribution in [0.5, 0.6) is 0 Å². The summed E-state index contributed by atoms with van der Waals surface area (Å²) in [5.74, 6) is -0.0395. The van der Waals surface area contributed by atoms with Crippen molar-refractivity contribution in [1.82, 2.24) is 24.9 Å². The molecule has 0 spiro atoms. The number of aromatic nitrogens is 4. The number of hydrogen-bond acceptors (Lipinski definition) is 4. The summed E-state index contributed by atoms with van der Waals surface area (Å²) in [5.41, 5.74) is 4.71. The number of aliphatic hydroxyl groups is 1. The van der Waals surface area contributed by atoms with Gasteiger partial charge in [-0.15, -0.1) is 0 Å². The van der Waals surface area contributed by atoms with E-state index in [-0.39, 0.29) is 5.91 Å². The van der Waals surface area contributed by atoms with E-state index in [2.05, 4.69) is 33.5 Å². The minimum absolute atomic E-state index is 0.0395. The number of aliphatic hydroxyl groups excluding tert-OH is 1. The summed E-state index contributed by atoms with van der Waals surface area (Å²) in [6.07, 6.45) is 2.79. The van der Waals surface area contributed by atoms with Gasteiger partial charge in [-0.05, 0) is 42.3 Å². The maximum Gasteiger partial charge on any atom is 0.253 e. The van der Waals surface area contributed by atoms with Gasteiger partial charge in [0.2, 0.25) is 0 Å². The van der Waals surface area contributed by atoms with Crippen LogP contribution in [-0.2, 0) is 13.5 Å². The molecular formula is C21H21N5O2. The number of benzene rings is 2. The average Bonchev–Trinajstić information content (AvgIpc) is 3.41. The van der Waals surface area contributed by atoms with E-state index in [0.717, 1.165) is 33.1 Å². The normalized spacial score (nSPS) is 17.1. The minimum Gasteiger partial charge on any atom is -0.391 e. The molecule has 2 aromatic heterocycles. The number of rotatable bonds is 3. The summed E-state index contributed by atoms with van der Waals surface area (Å²) in [4.78, 5) is 14.5. The van der Waals surface area contributed by atoms with Gasteiger partial charge in [0.05, 0.1) is 23.3 Å². The van der Waals surface area contributed by atoms with E-state index in [9.17, 15) is 9.90 Å². The second-order valence-electron chi connectivity index (χ2n) is 7.47. The third-order valence-corrected chi connectivity index (χ3v) is 5.52.